The quantitative estimate of drug-likeness (QED) is 0.162. The van der Waals surface area contributed by atoms with Gasteiger partial charge in [0.15, 0.2) is 5.82 Å². The first-order chi connectivity index (χ1) is 30.7. The molecule has 9 aromatic carbocycles. The molecule has 62 heavy (non-hydrogen) atoms. The Balaban J connectivity index is 1.12. The molecule has 0 fully saturated rings. The monoisotopic (exact) mass is 791 g/mol. The van der Waals surface area contributed by atoms with Crippen molar-refractivity contribution in [3.63, 3.8) is 0 Å². The number of benzene rings is 9. The van der Waals surface area contributed by atoms with E-state index < -0.39 is 0 Å². The van der Waals surface area contributed by atoms with Crippen LogP contribution in [0.4, 0.5) is 0 Å². The zero-order valence-electron chi connectivity index (χ0n) is 33.6. The van der Waals surface area contributed by atoms with Gasteiger partial charge in [0.25, 0.3) is 0 Å². The van der Waals surface area contributed by atoms with Crippen molar-refractivity contribution in [1.82, 2.24) is 24.1 Å². The number of aromatic nitrogens is 5. The molecule has 0 bridgehead atoms. The first-order valence-corrected chi connectivity index (χ1v) is 20.9. The second kappa shape index (κ2) is 14.7. The van der Waals surface area contributed by atoms with Gasteiger partial charge in [0, 0.05) is 27.1 Å². The first-order valence-electron chi connectivity index (χ1n) is 20.9. The summed E-state index contributed by atoms with van der Waals surface area (Å²) in [6.45, 7) is 0. The number of rotatable bonds is 7. The zero-order valence-corrected chi connectivity index (χ0v) is 33.6. The van der Waals surface area contributed by atoms with Crippen LogP contribution in [0.2, 0.25) is 0 Å². The molecule has 0 N–H and O–H groups in total. The van der Waals surface area contributed by atoms with Crippen molar-refractivity contribution in [3.8, 4) is 67.8 Å². The molecule has 5 heteroatoms. The Morgan fingerprint density at radius 1 is 0.242 bits per heavy atom. The summed E-state index contributed by atoms with van der Waals surface area (Å²) in [6, 6.07) is 79.4. The zero-order chi connectivity index (χ0) is 41.0. The highest BCUT2D eigenvalue weighted by Crippen LogP contribution is 2.39. The topological polar surface area (TPSA) is 48.5 Å². The Morgan fingerprint density at radius 2 is 0.581 bits per heavy atom. The Morgan fingerprint density at radius 3 is 1.06 bits per heavy atom. The van der Waals surface area contributed by atoms with Crippen molar-refractivity contribution in [2.24, 2.45) is 0 Å². The number of hydrogen-bond donors (Lipinski definition) is 0. The number of para-hydroxylation sites is 4. The minimum absolute atomic E-state index is 0.551. The van der Waals surface area contributed by atoms with Crippen LogP contribution in [-0.2, 0) is 0 Å². The van der Waals surface area contributed by atoms with Crippen LogP contribution < -0.4 is 0 Å². The highest BCUT2D eigenvalue weighted by Gasteiger charge is 2.21. The van der Waals surface area contributed by atoms with Gasteiger partial charge in [-0.05, 0) is 87.0 Å². The van der Waals surface area contributed by atoms with E-state index in [1.165, 1.54) is 11.1 Å². The molecular formula is C57H37N5. The molecule has 0 unspecified atom stereocenters. The molecule has 12 aromatic rings. The summed E-state index contributed by atoms with van der Waals surface area (Å²) in [7, 11) is 0. The predicted molar refractivity (Wildman–Crippen MR) is 256 cm³/mol. The van der Waals surface area contributed by atoms with Crippen LogP contribution in [0.25, 0.3) is 111 Å². The van der Waals surface area contributed by atoms with Gasteiger partial charge in [-0.2, -0.15) is 15.0 Å². The van der Waals surface area contributed by atoms with E-state index in [9.17, 15) is 0 Å². The SMILES string of the molecule is c1ccc(-c2ccc(-c3ccccc3-c3cc(-c4ccccc4)cc(-c4nc(-n5c6ccccc6c6ccccc65)nc(-n5c6ccccc6c6ccccc65)n4)c3)cc2)cc1. The third kappa shape index (κ3) is 5.98. The van der Waals surface area contributed by atoms with Crippen LogP contribution in [0.15, 0.2) is 224 Å². The summed E-state index contributed by atoms with van der Waals surface area (Å²) < 4.78 is 4.37. The van der Waals surface area contributed by atoms with Crippen molar-refractivity contribution >= 4 is 43.6 Å². The van der Waals surface area contributed by atoms with Gasteiger partial charge in [0.05, 0.1) is 22.1 Å². The maximum absolute atomic E-state index is 5.43. The molecule has 0 saturated heterocycles. The number of hydrogen-bond acceptors (Lipinski definition) is 3. The third-order valence-electron chi connectivity index (χ3n) is 12.0. The molecule has 5 nitrogen and oxygen atoms in total. The van der Waals surface area contributed by atoms with Crippen molar-refractivity contribution in [3.05, 3.63) is 224 Å². The molecule has 3 aromatic heterocycles. The van der Waals surface area contributed by atoms with E-state index in [2.05, 4.69) is 234 Å². The van der Waals surface area contributed by atoms with Gasteiger partial charge in [0.2, 0.25) is 11.9 Å². The second-order valence-corrected chi connectivity index (χ2v) is 15.7. The third-order valence-corrected chi connectivity index (χ3v) is 12.0. The van der Waals surface area contributed by atoms with Crippen LogP contribution in [0.5, 0.6) is 0 Å². The van der Waals surface area contributed by atoms with E-state index >= 15 is 0 Å². The lowest BCUT2D eigenvalue weighted by Crippen LogP contribution is -2.10. The van der Waals surface area contributed by atoms with Crippen LogP contribution in [0, 0.1) is 0 Å². The second-order valence-electron chi connectivity index (χ2n) is 15.7. The Kier molecular flexibility index (Phi) is 8.42. The summed E-state index contributed by atoms with van der Waals surface area (Å²) in [6.07, 6.45) is 0. The number of fused-ring (bicyclic) bond motifs is 6. The lowest BCUT2D eigenvalue weighted by atomic mass is 9.90. The molecule has 3 heterocycles. The van der Waals surface area contributed by atoms with Crippen molar-refractivity contribution in [2.75, 3.05) is 0 Å². The Hall–Kier alpha value is -8.41. The fraction of sp³-hybridized carbons (Fsp3) is 0. The molecule has 0 radical (unpaired) electrons. The highest BCUT2D eigenvalue weighted by atomic mass is 15.3. The molecule has 0 aliphatic carbocycles. The fourth-order valence-electron chi connectivity index (χ4n) is 9.13. The van der Waals surface area contributed by atoms with Gasteiger partial charge in [0.1, 0.15) is 0 Å². The average molecular weight is 792 g/mol. The van der Waals surface area contributed by atoms with Gasteiger partial charge in [-0.1, -0.05) is 182 Å². The Labute approximate surface area is 358 Å². The van der Waals surface area contributed by atoms with Crippen LogP contribution in [-0.4, -0.2) is 24.1 Å². The Bertz CT molecular complexity index is 3380. The predicted octanol–water partition coefficient (Wildman–Crippen LogP) is 14.4. The van der Waals surface area contributed by atoms with Gasteiger partial charge < -0.3 is 0 Å². The molecule has 0 aliphatic heterocycles. The van der Waals surface area contributed by atoms with E-state index in [0.717, 1.165) is 82.6 Å². The summed E-state index contributed by atoms with van der Waals surface area (Å²) >= 11 is 0. The lowest BCUT2D eigenvalue weighted by molar-refractivity contribution is 0.893. The lowest BCUT2D eigenvalue weighted by Gasteiger charge is -2.16. The maximum Gasteiger partial charge on any atom is 0.240 e. The molecule has 12 rings (SSSR count). The summed E-state index contributed by atoms with van der Waals surface area (Å²) in [5.74, 6) is 1.68. The maximum atomic E-state index is 5.43. The van der Waals surface area contributed by atoms with Gasteiger partial charge in [-0.25, -0.2) is 0 Å². The summed E-state index contributed by atoms with van der Waals surface area (Å²) in [5.41, 5.74) is 14.1. The molecule has 0 amide bonds. The molecular weight excluding hydrogens is 755 g/mol. The standard InChI is InChI=1S/C57H37N5/c1-3-17-38(18-4-1)40-31-33-41(34-32-40)45-21-7-8-22-46(45)43-35-42(39-19-5-2-6-20-39)36-44(37-43)55-58-56(61-51-27-13-9-23-47(51)48-24-10-14-28-52(48)61)60-57(59-55)62-53-29-15-11-25-49(53)50-26-12-16-30-54(50)62/h1-37H. The molecule has 0 saturated carbocycles. The van der Waals surface area contributed by atoms with Crippen LogP contribution in [0.1, 0.15) is 0 Å². The van der Waals surface area contributed by atoms with Gasteiger partial charge in [-0.3, -0.25) is 9.13 Å². The van der Waals surface area contributed by atoms with E-state index in [4.69, 9.17) is 15.0 Å². The highest BCUT2D eigenvalue weighted by molar-refractivity contribution is 6.10. The average Bonchev–Trinajstić information content (AvgIpc) is 3.88. The van der Waals surface area contributed by atoms with Gasteiger partial charge in [-0.15, -0.1) is 0 Å². The minimum Gasteiger partial charge on any atom is -0.278 e. The first kappa shape index (κ1) is 35.5. The minimum atomic E-state index is 0.551. The summed E-state index contributed by atoms with van der Waals surface area (Å²) in [5, 5.41) is 4.57. The van der Waals surface area contributed by atoms with Crippen molar-refractivity contribution in [2.45, 2.75) is 0 Å². The van der Waals surface area contributed by atoms with Crippen LogP contribution >= 0.6 is 0 Å². The van der Waals surface area contributed by atoms with E-state index in [1.54, 1.807) is 0 Å². The smallest absolute Gasteiger partial charge is 0.240 e. The molecule has 0 atom stereocenters. The molecule has 0 aliphatic rings. The van der Waals surface area contributed by atoms with Gasteiger partial charge >= 0.3 is 0 Å². The number of nitrogens with zero attached hydrogens (tertiary/aromatic N) is 5. The largest absolute Gasteiger partial charge is 0.278 e. The summed E-state index contributed by atoms with van der Waals surface area (Å²) in [4.78, 5) is 16.3. The van der Waals surface area contributed by atoms with E-state index in [0.29, 0.717) is 17.7 Å². The van der Waals surface area contributed by atoms with Crippen molar-refractivity contribution in [1.29, 1.82) is 0 Å². The van der Waals surface area contributed by atoms with Crippen molar-refractivity contribution < 1.29 is 0 Å². The normalized spacial score (nSPS) is 11.5. The van der Waals surface area contributed by atoms with Crippen LogP contribution in [0.3, 0.4) is 0 Å². The van der Waals surface area contributed by atoms with E-state index in [-0.39, 0.29) is 0 Å². The fourth-order valence-corrected chi connectivity index (χ4v) is 9.13. The molecule has 290 valence electrons. The molecule has 0 spiro atoms. The van der Waals surface area contributed by atoms with E-state index in [1.807, 2.05) is 0 Å².